The second-order valence-electron chi connectivity index (χ2n) is 6.25. The van der Waals surface area contributed by atoms with E-state index in [-0.39, 0.29) is 0 Å². The molecule has 1 atom stereocenters. The Balaban J connectivity index is 2.56. The van der Waals surface area contributed by atoms with Crippen LogP contribution in [0, 0.1) is 18.8 Å². The zero-order valence-electron chi connectivity index (χ0n) is 12.7. The second-order valence-corrected chi connectivity index (χ2v) is 6.25. The Hall–Kier alpha value is -0.820. The highest BCUT2D eigenvalue weighted by atomic mass is 14.9. The molecule has 18 heavy (non-hydrogen) atoms. The first-order valence-corrected chi connectivity index (χ1v) is 7.26. The average molecular weight is 247 g/mol. The molecule has 1 rings (SSSR count). The molecule has 1 aromatic rings. The summed E-state index contributed by atoms with van der Waals surface area (Å²) < 4.78 is 0. The molecule has 1 unspecified atom stereocenters. The lowest BCUT2D eigenvalue weighted by molar-refractivity contribution is 0.373. The van der Waals surface area contributed by atoms with Gasteiger partial charge in [-0.2, -0.15) is 0 Å². The van der Waals surface area contributed by atoms with Gasteiger partial charge in [0.15, 0.2) is 0 Å². The van der Waals surface area contributed by atoms with Gasteiger partial charge in [0.25, 0.3) is 0 Å². The van der Waals surface area contributed by atoms with Crippen molar-refractivity contribution in [3.63, 3.8) is 0 Å². The summed E-state index contributed by atoms with van der Waals surface area (Å²) in [7, 11) is 0. The molecule has 0 saturated heterocycles. The molecule has 0 saturated carbocycles. The molecule has 0 aliphatic rings. The van der Waals surface area contributed by atoms with Gasteiger partial charge in [0.2, 0.25) is 0 Å². The van der Waals surface area contributed by atoms with Gasteiger partial charge in [0, 0.05) is 6.04 Å². The molecule has 0 amide bonds. The van der Waals surface area contributed by atoms with Gasteiger partial charge < -0.3 is 5.32 Å². The quantitative estimate of drug-likeness (QED) is 0.761. The number of benzene rings is 1. The molecule has 0 spiro atoms. The highest BCUT2D eigenvalue weighted by molar-refractivity contribution is 5.21. The second kappa shape index (κ2) is 7.58. The van der Waals surface area contributed by atoms with Crippen molar-refractivity contribution in [1.29, 1.82) is 0 Å². The third-order valence-corrected chi connectivity index (χ3v) is 3.26. The molecule has 102 valence electrons. The number of hydrogen-bond acceptors (Lipinski definition) is 1. The van der Waals surface area contributed by atoms with Crippen molar-refractivity contribution < 1.29 is 0 Å². The summed E-state index contributed by atoms with van der Waals surface area (Å²) in [6, 6.07) is 9.57. The van der Waals surface area contributed by atoms with Crippen LogP contribution in [0.25, 0.3) is 0 Å². The van der Waals surface area contributed by atoms with Crippen LogP contribution in [-0.2, 0) is 6.42 Å². The SMILES string of the molecule is Cc1ccc(CC(CNC(C)C)CC(C)C)cc1. The average Bonchev–Trinajstić information content (AvgIpc) is 2.28. The van der Waals surface area contributed by atoms with Crippen LogP contribution < -0.4 is 5.32 Å². The Labute approximate surface area is 113 Å². The van der Waals surface area contributed by atoms with E-state index in [0.717, 1.165) is 18.4 Å². The van der Waals surface area contributed by atoms with Crippen molar-refractivity contribution in [3.05, 3.63) is 35.4 Å². The topological polar surface area (TPSA) is 12.0 Å². The van der Waals surface area contributed by atoms with E-state index in [2.05, 4.69) is 64.2 Å². The Bertz CT molecular complexity index is 324. The van der Waals surface area contributed by atoms with Crippen LogP contribution in [0.15, 0.2) is 24.3 Å². The highest BCUT2D eigenvalue weighted by Crippen LogP contribution is 2.17. The monoisotopic (exact) mass is 247 g/mol. The summed E-state index contributed by atoms with van der Waals surface area (Å²) in [5.74, 6) is 1.52. The lowest BCUT2D eigenvalue weighted by Gasteiger charge is -2.21. The third kappa shape index (κ3) is 6.20. The van der Waals surface area contributed by atoms with Gasteiger partial charge in [-0.05, 0) is 43.7 Å². The maximum absolute atomic E-state index is 3.58. The van der Waals surface area contributed by atoms with E-state index in [0.29, 0.717) is 6.04 Å². The molecule has 1 aromatic carbocycles. The maximum atomic E-state index is 3.58. The normalized spacial score (nSPS) is 13.3. The van der Waals surface area contributed by atoms with Gasteiger partial charge in [-0.15, -0.1) is 0 Å². The van der Waals surface area contributed by atoms with E-state index in [1.54, 1.807) is 0 Å². The lowest BCUT2D eigenvalue weighted by atomic mass is 9.90. The molecule has 0 radical (unpaired) electrons. The van der Waals surface area contributed by atoms with Crippen LogP contribution in [0.3, 0.4) is 0 Å². The standard InChI is InChI=1S/C17H29N/c1-13(2)10-17(12-18-14(3)4)11-16-8-6-15(5)7-9-16/h6-9,13-14,17-18H,10-12H2,1-5H3. The van der Waals surface area contributed by atoms with Crippen LogP contribution in [0.1, 0.15) is 45.2 Å². The first-order chi connectivity index (χ1) is 8.47. The Kier molecular flexibility index (Phi) is 6.42. The van der Waals surface area contributed by atoms with Crippen LogP contribution in [-0.4, -0.2) is 12.6 Å². The summed E-state index contributed by atoms with van der Waals surface area (Å²) in [4.78, 5) is 0. The molecular weight excluding hydrogens is 218 g/mol. The number of hydrogen-bond donors (Lipinski definition) is 1. The summed E-state index contributed by atoms with van der Waals surface area (Å²) in [5.41, 5.74) is 2.82. The van der Waals surface area contributed by atoms with Crippen LogP contribution in [0.5, 0.6) is 0 Å². The predicted molar refractivity (Wildman–Crippen MR) is 81.0 cm³/mol. The van der Waals surface area contributed by atoms with E-state index in [1.807, 2.05) is 0 Å². The van der Waals surface area contributed by atoms with E-state index < -0.39 is 0 Å². The predicted octanol–water partition coefficient (Wildman–Crippen LogP) is 4.20. The summed E-state index contributed by atoms with van der Waals surface area (Å²) in [6.07, 6.45) is 2.49. The minimum absolute atomic E-state index is 0.581. The molecule has 0 aromatic heterocycles. The first-order valence-electron chi connectivity index (χ1n) is 7.26. The molecular formula is C17H29N. The Morgan fingerprint density at radius 1 is 1.00 bits per heavy atom. The summed E-state index contributed by atoms with van der Waals surface area (Å²) in [5, 5.41) is 3.58. The van der Waals surface area contributed by atoms with Crippen molar-refractivity contribution in [2.24, 2.45) is 11.8 Å². The van der Waals surface area contributed by atoms with E-state index in [4.69, 9.17) is 0 Å². The largest absolute Gasteiger partial charge is 0.314 e. The van der Waals surface area contributed by atoms with Gasteiger partial charge in [-0.25, -0.2) is 0 Å². The fourth-order valence-corrected chi connectivity index (χ4v) is 2.37. The van der Waals surface area contributed by atoms with Crippen LogP contribution in [0.2, 0.25) is 0 Å². The Morgan fingerprint density at radius 2 is 1.61 bits per heavy atom. The van der Waals surface area contributed by atoms with Gasteiger partial charge in [-0.3, -0.25) is 0 Å². The van der Waals surface area contributed by atoms with E-state index >= 15 is 0 Å². The first kappa shape index (κ1) is 15.2. The minimum atomic E-state index is 0.581. The fourth-order valence-electron chi connectivity index (χ4n) is 2.37. The summed E-state index contributed by atoms with van der Waals surface area (Å²) in [6.45, 7) is 12.4. The fraction of sp³-hybridized carbons (Fsp3) is 0.647. The molecule has 0 heterocycles. The zero-order chi connectivity index (χ0) is 13.5. The molecule has 0 fully saturated rings. The van der Waals surface area contributed by atoms with E-state index in [1.165, 1.54) is 24.0 Å². The molecule has 1 nitrogen and oxygen atoms in total. The van der Waals surface area contributed by atoms with Crippen molar-refractivity contribution in [2.75, 3.05) is 6.54 Å². The third-order valence-electron chi connectivity index (χ3n) is 3.26. The van der Waals surface area contributed by atoms with Gasteiger partial charge >= 0.3 is 0 Å². The van der Waals surface area contributed by atoms with Crippen LogP contribution >= 0.6 is 0 Å². The van der Waals surface area contributed by atoms with Gasteiger partial charge in [0.05, 0.1) is 0 Å². The molecule has 0 aliphatic heterocycles. The molecule has 1 N–H and O–H groups in total. The van der Waals surface area contributed by atoms with Crippen molar-refractivity contribution in [2.45, 2.75) is 53.5 Å². The lowest BCUT2D eigenvalue weighted by Crippen LogP contribution is -2.30. The molecule has 0 bridgehead atoms. The number of rotatable bonds is 7. The maximum Gasteiger partial charge on any atom is 0.00104 e. The van der Waals surface area contributed by atoms with Gasteiger partial charge in [-0.1, -0.05) is 57.5 Å². The molecule has 0 aliphatic carbocycles. The van der Waals surface area contributed by atoms with E-state index in [9.17, 15) is 0 Å². The Morgan fingerprint density at radius 3 is 2.11 bits per heavy atom. The number of nitrogens with one attached hydrogen (secondary N) is 1. The van der Waals surface area contributed by atoms with Crippen molar-refractivity contribution >= 4 is 0 Å². The van der Waals surface area contributed by atoms with Crippen molar-refractivity contribution in [1.82, 2.24) is 5.32 Å². The van der Waals surface area contributed by atoms with Gasteiger partial charge in [0.1, 0.15) is 0 Å². The zero-order valence-corrected chi connectivity index (χ0v) is 12.7. The molecule has 1 heteroatoms. The highest BCUT2D eigenvalue weighted by Gasteiger charge is 2.12. The number of aryl methyl sites for hydroxylation is 1. The minimum Gasteiger partial charge on any atom is -0.314 e. The van der Waals surface area contributed by atoms with Crippen LogP contribution in [0.4, 0.5) is 0 Å². The summed E-state index contributed by atoms with van der Waals surface area (Å²) >= 11 is 0. The van der Waals surface area contributed by atoms with Crippen molar-refractivity contribution in [3.8, 4) is 0 Å². The smallest absolute Gasteiger partial charge is 0.00104 e.